The summed E-state index contributed by atoms with van der Waals surface area (Å²) in [7, 11) is 0. The number of nitrogens with two attached hydrogens (primary N) is 2. The van der Waals surface area contributed by atoms with Gasteiger partial charge in [0.25, 0.3) is 5.91 Å². The molecule has 1 saturated heterocycles. The number of halogens is 2. The van der Waals surface area contributed by atoms with Crippen LogP contribution in [0.15, 0.2) is 35.4 Å². The lowest BCUT2D eigenvalue weighted by atomic mass is 9.99. The maximum absolute atomic E-state index is 15.4. The second-order valence-corrected chi connectivity index (χ2v) is 7.80. The van der Waals surface area contributed by atoms with E-state index in [1.807, 2.05) is 0 Å². The molecular weight excluding hydrogens is 410 g/mol. The van der Waals surface area contributed by atoms with Crippen LogP contribution in [-0.2, 0) is 0 Å². The van der Waals surface area contributed by atoms with Crippen molar-refractivity contribution in [2.75, 3.05) is 29.0 Å². The molecule has 0 radical (unpaired) electrons. The highest BCUT2D eigenvalue weighted by Crippen LogP contribution is 2.38. The number of hydrogen-bond donors (Lipinski definition) is 3. The molecule has 0 unspecified atom stereocenters. The van der Waals surface area contributed by atoms with Crippen molar-refractivity contribution in [3.8, 4) is 11.1 Å². The van der Waals surface area contributed by atoms with Crippen molar-refractivity contribution in [1.82, 2.24) is 9.97 Å². The summed E-state index contributed by atoms with van der Waals surface area (Å²) in [6.07, 6.45) is 4.93. The first-order valence-corrected chi connectivity index (χ1v) is 10.3. The second kappa shape index (κ2) is 8.33. The zero-order chi connectivity index (χ0) is 21.3. The smallest absolute Gasteiger partial charge is 0.275 e. The van der Waals surface area contributed by atoms with Crippen molar-refractivity contribution in [2.45, 2.75) is 18.9 Å². The van der Waals surface area contributed by atoms with Crippen LogP contribution in [0, 0.1) is 11.6 Å². The Morgan fingerprint density at radius 2 is 2.13 bits per heavy atom. The number of anilines is 3. The van der Waals surface area contributed by atoms with Crippen molar-refractivity contribution in [1.29, 1.82) is 0 Å². The van der Waals surface area contributed by atoms with Crippen LogP contribution < -0.4 is 21.7 Å². The van der Waals surface area contributed by atoms with E-state index in [0.717, 1.165) is 25.1 Å². The molecule has 1 aliphatic rings. The van der Waals surface area contributed by atoms with E-state index in [9.17, 15) is 9.18 Å². The molecule has 1 atom stereocenters. The molecule has 3 heterocycles. The average molecular weight is 430 g/mol. The number of aromatic nitrogens is 2. The fraction of sp³-hybridized carbons (Fsp3) is 0.250. The predicted molar refractivity (Wildman–Crippen MR) is 113 cm³/mol. The number of hydrogen-bond acceptors (Lipinski definition) is 7. The molecule has 0 spiro atoms. The van der Waals surface area contributed by atoms with Crippen LogP contribution >= 0.6 is 11.3 Å². The van der Waals surface area contributed by atoms with Gasteiger partial charge in [0.05, 0.1) is 11.2 Å². The molecule has 4 rings (SSSR count). The highest BCUT2D eigenvalue weighted by atomic mass is 32.1. The lowest BCUT2D eigenvalue weighted by Gasteiger charge is -2.34. The van der Waals surface area contributed by atoms with Crippen LogP contribution in [0.25, 0.3) is 11.1 Å². The SMILES string of the molecule is Nc1cc(-c2cnccc2N2CCC[C@H](N)C2)c(F)c(NC(=O)c2cscn2)c1F. The number of nitrogens with one attached hydrogen (secondary N) is 1. The van der Waals surface area contributed by atoms with Gasteiger partial charge in [-0.3, -0.25) is 9.78 Å². The number of carbonyl (C=O) groups is 1. The molecule has 5 N–H and O–H groups in total. The minimum Gasteiger partial charge on any atom is -0.396 e. The van der Waals surface area contributed by atoms with Gasteiger partial charge in [-0.25, -0.2) is 13.8 Å². The summed E-state index contributed by atoms with van der Waals surface area (Å²) in [5.41, 5.74) is 13.7. The van der Waals surface area contributed by atoms with E-state index < -0.39 is 23.2 Å². The first-order chi connectivity index (χ1) is 14.5. The van der Waals surface area contributed by atoms with E-state index in [2.05, 4.69) is 20.2 Å². The molecule has 1 fully saturated rings. The summed E-state index contributed by atoms with van der Waals surface area (Å²) < 4.78 is 30.1. The first kappa shape index (κ1) is 20.2. The molecule has 1 aliphatic heterocycles. The number of pyridine rings is 1. The van der Waals surface area contributed by atoms with E-state index in [1.165, 1.54) is 34.5 Å². The Morgan fingerprint density at radius 3 is 2.87 bits per heavy atom. The number of thiazole rings is 1. The van der Waals surface area contributed by atoms with Crippen molar-refractivity contribution >= 4 is 34.3 Å². The maximum atomic E-state index is 15.4. The number of rotatable bonds is 4. The van der Waals surface area contributed by atoms with Crippen molar-refractivity contribution < 1.29 is 13.6 Å². The van der Waals surface area contributed by atoms with Gasteiger partial charge in [-0.05, 0) is 25.0 Å². The molecule has 0 saturated carbocycles. The van der Waals surface area contributed by atoms with E-state index in [1.54, 1.807) is 12.3 Å². The monoisotopic (exact) mass is 430 g/mol. The van der Waals surface area contributed by atoms with Gasteiger partial charge in [0.15, 0.2) is 11.6 Å². The van der Waals surface area contributed by atoms with E-state index in [0.29, 0.717) is 12.1 Å². The van der Waals surface area contributed by atoms with Crippen molar-refractivity contribution in [2.24, 2.45) is 5.73 Å². The Hall–Kier alpha value is -3.11. The Bertz CT molecular complexity index is 1080. The number of piperidine rings is 1. The van der Waals surface area contributed by atoms with Gasteiger partial charge >= 0.3 is 0 Å². The van der Waals surface area contributed by atoms with Crippen LogP contribution in [0.4, 0.5) is 25.8 Å². The topological polar surface area (TPSA) is 110 Å². The molecular formula is C20H20F2N6OS. The van der Waals surface area contributed by atoms with Gasteiger partial charge in [0.2, 0.25) is 0 Å². The first-order valence-electron chi connectivity index (χ1n) is 9.37. The van der Waals surface area contributed by atoms with Crippen LogP contribution in [0.1, 0.15) is 23.3 Å². The summed E-state index contributed by atoms with van der Waals surface area (Å²) in [6.45, 7) is 1.37. The predicted octanol–water partition coefficient (Wildman–Crippen LogP) is 3.25. The van der Waals surface area contributed by atoms with E-state index >= 15 is 4.39 Å². The highest BCUT2D eigenvalue weighted by Gasteiger charge is 2.25. The fourth-order valence-corrected chi connectivity index (χ4v) is 4.10. The molecule has 156 valence electrons. The molecule has 1 amide bonds. The van der Waals surface area contributed by atoms with E-state index in [4.69, 9.17) is 11.5 Å². The minimum atomic E-state index is -1.04. The standard InChI is InChI=1S/C20H20F2N6OS/c21-17-12(13-7-25-4-3-16(13)28-5-1-2-11(23)8-28)6-14(24)18(22)19(17)27-20(29)15-9-30-10-26-15/h3-4,6-7,9-11H,1-2,5,8,23-24H2,(H,27,29)/t11-/m0/s1. The summed E-state index contributed by atoms with van der Waals surface area (Å²) in [5.74, 6) is -2.69. The lowest BCUT2D eigenvalue weighted by Crippen LogP contribution is -2.43. The van der Waals surface area contributed by atoms with Gasteiger partial charge in [0, 0.05) is 53.7 Å². The third-order valence-electron chi connectivity index (χ3n) is 5.02. The molecule has 0 aliphatic carbocycles. The van der Waals surface area contributed by atoms with Gasteiger partial charge in [-0.2, -0.15) is 0 Å². The van der Waals surface area contributed by atoms with Crippen LogP contribution in [0.3, 0.4) is 0 Å². The zero-order valence-corrected chi connectivity index (χ0v) is 16.8. The molecule has 3 aromatic rings. The summed E-state index contributed by atoms with van der Waals surface area (Å²) in [5, 5.41) is 3.74. The average Bonchev–Trinajstić information content (AvgIpc) is 3.29. The number of nitrogen functional groups attached to an aromatic ring is 1. The van der Waals surface area contributed by atoms with Gasteiger partial charge < -0.3 is 21.7 Å². The Labute approximate surface area is 175 Å². The molecule has 10 heteroatoms. The van der Waals surface area contributed by atoms with Crippen molar-refractivity contribution in [3.63, 3.8) is 0 Å². The normalized spacial score (nSPS) is 16.5. The number of carbonyl (C=O) groups excluding carboxylic acids is 1. The van der Waals surface area contributed by atoms with Gasteiger partial charge in [-0.15, -0.1) is 11.3 Å². The molecule has 7 nitrogen and oxygen atoms in total. The zero-order valence-electron chi connectivity index (χ0n) is 15.9. The third kappa shape index (κ3) is 3.83. The minimum absolute atomic E-state index is 0.0101. The molecule has 30 heavy (non-hydrogen) atoms. The third-order valence-corrected chi connectivity index (χ3v) is 5.61. The van der Waals surface area contributed by atoms with Crippen LogP contribution in [-0.4, -0.2) is 35.0 Å². The highest BCUT2D eigenvalue weighted by molar-refractivity contribution is 7.07. The second-order valence-electron chi connectivity index (χ2n) is 7.09. The Kier molecular flexibility index (Phi) is 5.60. The Balaban J connectivity index is 1.77. The summed E-state index contributed by atoms with van der Waals surface area (Å²) in [4.78, 5) is 22.3. The van der Waals surface area contributed by atoms with Crippen LogP contribution in [0.5, 0.6) is 0 Å². The van der Waals surface area contributed by atoms with Crippen molar-refractivity contribution in [3.05, 3.63) is 52.7 Å². The summed E-state index contributed by atoms with van der Waals surface area (Å²) in [6, 6.07) is 2.99. The number of amides is 1. The summed E-state index contributed by atoms with van der Waals surface area (Å²) >= 11 is 1.20. The van der Waals surface area contributed by atoms with Gasteiger partial charge in [-0.1, -0.05) is 0 Å². The molecule has 1 aromatic carbocycles. The molecule has 0 bridgehead atoms. The largest absolute Gasteiger partial charge is 0.396 e. The fourth-order valence-electron chi connectivity index (χ4n) is 3.56. The quantitative estimate of drug-likeness (QED) is 0.548. The molecule has 2 aromatic heterocycles. The van der Waals surface area contributed by atoms with Gasteiger partial charge in [0.1, 0.15) is 11.4 Å². The number of benzene rings is 1. The Morgan fingerprint density at radius 1 is 1.30 bits per heavy atom. The van der Waals surface area contributed by atoms with Crippen LogP contribution in [0.2, 0.25) is 0 Å². The lowest BCUT2D eigenvalue weighted by molar-refractivity contribution is 0.102. The maximum Gasteiger partial charge on any atom is 0.275 e. The number of nitrogens with zero attached hydrogens (tertiary/aromatic N) is 3. The van der Waals surface area contributed by atoms with E-state index in [-0.39, 0.29) is 23.0 Å².